The van der Waals surface area contributed by atoms with Crippen LogP contribution in [0, 0.1) is 0 Å². The molecule has 7 heteroatoms. The second kappa shape index (κ2) is 5.37. The maximum absolute atomic E-state index is 11.6. The number of carbonyl (C=O) groups is 2. The SMILES string of the molecule is NC(=O)NN=C1NC(=O)C(=Cc2ccccc2)S1. The number of hydrogen-bond donors (Lipinski definition) is 3. The number of amidine groups is 1. The van der Waals surface area contributed by atoms with Crippen LogP contribution in [-0.2, 0) is 4.79 Å². The average molecular weight is 262 g/mol. The van der Waals surface area contributed by atoms with Crippen molar-refractivity contribution in [3.8, 4) is 0 Å². The van der Waals surface area contributed by atoms with Crippen LogP contribution in [0.25, 0.3) is 6.08 Å². The molecule has 2 rings (SSSR count). The summed E-state index contributed by atoms with van der Waals surface area (Å²) < 4.78 is 0. The van der Waals surface area contributed by atoms with E-state index in [1.807, 2.05) is 30.3 Å². The first-order chi connectivity index (χ1) is 8.65. The molecule has 3 amide bonds. The standard InChI is InChI=1S/C11H10N4O2S/c12-10(17)14-15-11-13-9(16)8(18-11)6-7-4-2-1-3-5-7/h1-6H,(H3,12,14,17)(H,13,15,16). The van der Waals surface area contributed by atoms with Gasteiger partial charge < -0.3 is 5.73 Å². The van der Waals surface area contributed by atoms with Gasteiger partial charge >= 0.3 is 6.03 Å². The Hall–Kier alpha value is -2.28. The molecule has 0 saturated carbocycles. The molecule has 0 bridgehead atoms. The van der Waals surface area contributed by atoms with Gasteiger partial charge in [-0.3, -0.25) is 10.1 Å². The van der Waals surface area contributed by atoms with Gasteiger partial charge in [0, 0.05) is 0 Å². The smallest absolute Gasteiger partial charge is 0.332 e. The molecule has 1 aliphatic rings. The van der Waals surface area contributed by atoms with Crippen LogP contribution in [0.5, 0.6) is 0 Å². The maximum Gasteiger partial charge on any atom is 0.332 e. The van der Waals surface area contributed by atoms with E-state index >= 15 is 0 Å². The van der Waals surface area contributed by atoms with Gasteiger partial charge in [0.15, 0.2) is 5.17 Å². The van der Waals surface area contributed by atoms with Gasteiger partial charge in [0.25, 0.3) is 5.91 Å². The monoisotopic (exact) mass is 262 g/mol. The lowest BCUT2D eigenvalue weighted by atomic mass is 10.2. The summed E-state index contributed by atoms with van der Waals surface area (Å²) >= 11 is 1.14. The highest BCUT2D eigenvalue weighted by Crippen LogP contribution is 2.25. The Morgan fingerprint density at radius 3 is 2.78 bits per heavy atom. The molecule has 0 atom stereocenters. The van der Waals surface area contributed by atoms with E-state index in [4.69, 9.17) is 5.73 Å². The van der Waals surface area contributed by atoms with Gasteiger partial charge in [-0.25, -0.2) is 10.2 Å². The molecular formula is C11H10N4O2S. The van der Waals surface area contributed by atoms with Crippen molar-refractivity contribution in [2.24, 2.45) is 10.8 Å². The van der Waals surface area contributed by atoms with Crippen LogP contribution >= 0.6 is 11.8 Å². The summed E-state index contributed by atoms with van der Waals surface area (Å²) in [6.45, 7) is 0. The molecule has 4 N–H and O–H groups in total. The maximum atomic E-state index is 11.6. The van der Waals surface area contributed by atoms with Gasteiger partial charge in [-0.15, -0.1) is 5.10 Å². The van der Waals surface area contributed by atoms with Crippen molar-refractivity contribution in [1.82, 2.24) is 10.7 Å². The minimum Gasteiger partial charge on any atom is -0.350 e. The van der Waals surface area contributed by atoms with Crippen molar-refractivity contribution in [2.75, 3.05) is 0 Å². The second-order valence-corrected chi connectivity index (χ2v) is 4.40. The summed E-state index contributed by atoms with van der Waals surface area (Å²) in [5, 5.41) is 6.45. The minimum absolute atomic E-state index is 0.256. The number of hydrogen-bond acceptors (Lipinski definition) is 4. The minimum atomic E-state index is -0.780. The molecule has 18 heavy (non-hydrogen) atoms. The Labute approximate surface area is 107 Å². The number of nitrogens with two attached hydrogens (primary N) is 1. The number of hydrazone groups is 1. The molecule has 1 aliphatic heterocycles. The highest BCUT2D eigenvalue weighted by molar-refractivity contribution is 8.18. The number of amides is 3. The van der Waals surface area contributed by atoms with E-state index in [0.717, 1.165) is 17.3 Å². The first kappa shape index (κ1) is 12.2. The molecule has 0 unspecified atom stereocenters. The Bertz CT molecular complexity index is 539. The lowest BCUT2D eigenvalue weighted by Gasteiger charge is -1.94. The third kappa shape index (κ3) is 3.11. The van der Waals surface area contributed by atoms with Crippen LogP contribution in [-0.4, -0.2) is 17.1 Å². The molecule has 0 radical (unpaired) electrons. The second-order valence-electron chi connectivity index (χ2n) is 3.37. The third-order valence-electron chi connectivity index (χ3n) is 2.02. The topological polar surface area (TPSA) is 96.6 Å². The molecule has 0 aromatic heterocycles. The number of thioether (sulfide) groups is 1. The molecule has 1 aromatic carbocycles. The van der Waals surface area contributed by atoms with Gasteiger partial charge in [0.1, 0.15) is 0 Å². The first-order valence-electron chi connectivity index (χ1n) is 5.04. The number of carbonyl (C=O) groups excluding carboxylic acids is 2. The zero-order valence-electron chi connectivity index (χ0n) is 9.21. The van der Waals surface area contributed by atoms with Crippen molar-refractivity contribution in [3.63, 3.8) is 0 Å². The fourth-order valence-electron chi connectivity index (χ4n) is 1.29. The molecule has 1 fully saturated rings. The fourth-order valence-corrected chi connectivity index (χ4v) is 2.07. The summed E-state index contributed by atoms with van der Waals surface area (Å²) in [6.07, 6.45) is 1.74. The van der Waals surface area contributed by atoms with Gasteiger partial charge in [-0.2, -0.15) is 0 Å². The zero-order chi connectivity index (χ0) is 13.0. The van der Waals surface area contributed by atoms with E-state index in [2.05, 4.69) is 15.8 Å². The number of nitrogens with zero attached hydrogens (tertiary/aromatic N) is 1. The van der Waals surface area contributed by atoms with Crippen LogP contribution in [0.2, 0.25) is 0 Å². The Morgan fingerprint density at radius 2 is 2.11 bits per heavy atom. The van der Waals surface area contributed by atoms with E-state index < -0.39 is 6.03 Å². The largest absolute Gasteiger partial charge is 0.350 e. The molecule has 0 spiro atoms. The lowest BCUT2D eigenvalue weighted by Crippen LogP contribution is -2.28. The van der Waals surface area contributed by atoms with Crippen molar-refractivity contribution in [3.05, 3.63) is 40.8 Å². The average Bonchev–Trinajstić information content (AvgIpc) is 2.69. The van der Waals surface area contributed by atoms with Crippen molar-refractivity contribution in [2.45, 2.75) is 0 Å². The summed E-state index contributed by atoms with van der Waals surface area (Å²) in [4.78, 5) is 22.6. The Kier molecular flexibility index (Phi) is 3.63. The number of urea groups is 1. The quantitative estimate of drug-likeness (QED) is 0.544. The number of benzene rings is 1. The molecule has 6 nitrogen and oxygen atoms in total. The van der Waals surface area contributed by atoms with Crippen molar-refractivity contribution >= 4 is 34.9 Å². The zero-order valence-corrected chi connectivity index (χ0v) is 10.0. The predicted molar refractivity (Wildman–Crippen MR) is 70.3 cm³/mol. The molecule has 1 saturated heterocycles. The fraction of sp³-hybridized carbons (Fsp3) is 0. The number of primary amides is 1. The molecule has 0 aliphatic carbocycles. The van der Waals surface area contributed by atoms with Crippen LogP contribution in [0.3, 0.4) is 0 Å². The van der Waals surface area contributed by atoms with Gasteiger partial charge in [0.2, 0.25) is 0 Å². The third-order valence-corrected chi connectivity index (χ3v) is 2.93. The summed E-state index contributed by atoms with van der Waals surface area (Å²) in [7, 11) is 0. The van der Waals surface area contributed by atoms with Crippen LogP contribution in [0.1, 0.15) is 5.56 Å². The van der Waals surface area contributed by atoms with Gasteiger partial charge in [-0.1, -0.05) is 30.3 Å². The highest BCUT2D eigenvalue weighted by atomic mass is 32.2. The molecule has 1 heterocycles. The van der Waals surface area contributed by atoms with E-state index in [-0.39, 0.29) is 5.91 Å². The van der Waals surface area contributed by atoms with Crippen LogP contribution in [0.4, 0.5) is 4.79 Å². The molecule has 1 aromatic rings. The lowest BCUT2D eigenvalue weighted by molar-refractivity contribution is -0.115. The van der Waals surface area contributed by atoms with Crippen molar-refractivity contribution < 1.29 is 9.59 Å². The Balaban J connectivity index is 2.13. The number of rotatable bonds is 2. The Morgan fingerprint density at radius 1 is 1.39 bits per heavy atom. The van der Waals surface area contributed by atoms with Crippen molar-refractivity contribution in [1.29, 1.82) is 0 Å². The van der Waals surface area contributed by atoms with Crippen LogP contribution < -0.4 is 16.5 Å². The number of nitrogens with one attached hydrogen (secondary N) is 2. The van der Waals surface area contributed by atoms with E-state index in [1.165, 1.54) is 0 Å². The summed E-state index contributed by atoms with van der Waals surface area (Å²) in [5.41, 5.74) is 7.84. The van der Waals surface area contributed by atoms with E-state index in [1.54, 1.807) is 6.08 Å². The van der Waals surface area contributed by atoms with Gasteiger partial charge in [-0.05, 0) is 23.4 Å². The predicted octanol–water partition coefficient (Wildman–Crippen LogP) is 0.830. The normalized spacial score (nSPS) is 19.0. The van der Waals surface area contributed by atoms with Gasteiger partial charge in [0.05, 0.1) is 4.91 Å². The highest BCUT2D eigenvalue weighted by Gasteiger charge is 2.23. The van der Waals surface area contributed by atoms with Crippen LogP contribution in [0.15, 0.2) is 40.3 Å². The summed E-state index contributed by atoms with van der Waals surface area (Å²) in [6, 6.07) is 8.65. The molecular weight excluding hydrogens is 252 g/mol. The molecule has 92 valence electrons. The first-order valence-corrected chi connectivity index (χ1v) is 5.86. The van der Waals surface area contributed by atoms with E-state index in [0.29, 0.717) is 10.1 Å². The van der Waals surface area contributed by atoms with E-state index in [9.17, 15) is 9.59 Å². The summed E-state index contributed by atoms with van der Waals surface area (Å²) in [5.74, 6) is -0.256.